The Morgan fingerprint density at radius 2 is 1.73 bits per heavy atom. The molecule has 150 valence electrons. The van der Waals surface area contributed by atoms with Crippen molar-refractivity contribution in [3.05, 3.63) is 107 Å². The van der Waals surface area contributed by atoms with E-state index in [2.05, 4.69) is 4.98 Å². The number of carbonyl (C=O) groups is 2. The van der Waals surface area contributed by atoms with Gasteiger partial charge in [-0.2, -0.15) is 0 Å². The molecule has 3 aromatic rings. The number of rotatable bonds is 4. The lowest BCUT2D eigenvalue weighted by Crippen LogP contribution is -2.30. The van der Waals surface area contributed by atoms with Crippen LogP contribution in [0.25, 0.3) is 5.76 Å². The van der Waals surface area contributed by atoms with Crippen LogP contribution in [0.5, 0.6) is 0 Å². The van der Waals surface area contributed by atoms with E-state index in [1.165, 1.54) is 23.1 Å². The number of likely N-dealkylation sites (tertiary alicyclic amines) is 1. The second-order valence-corrected chi connectivity index (χ2v) is 7.14. The number of ketones is 1. The molecule has 1 fully saturated rings. The number of pyridine rings is 1. The molecule has 1 saturated heterocycles. The lowest BCUT2D eigenvalue weighted by molar-refractivity contribution is -0.140. The van der Waals surface area contributed by atoms with Crippen LogP contribution in [-0.2, 0) is 16.1 Å². The molecule has 1 aliphatic rings. The number of nitrogens with zero attached hydrogens (tertiary/aromatic N) is 2. The Kier molecular flexibility index (Phi) is 5.14. The minimum Gasteiger partial charge on any atom is -0.507 e. The molecule has 1 amide bonds. The molecule has 1 N–H and O–H groups in total. The number of benzene rings is 2. The van der Waals surface area contributed by atoms with Crippen LogP contribution in [0.15, 0.2) is 78.5 Å². The number of hydrogen-bond donors (Lipinski definition) is 1. The summed E-state index contributed by atoms with van der Waals surface area (Å²) in [5, 5.41) is 10.9. The molecule has 0 aliphatic carbocycles. The topological polar surface area (TPSA) is 70.5 Å². The molecule has 2 aromatic carbocycles. The molecular weight excluding hydrogens is 383 g/mol. The number of amides is 1. The Morgan fingerprint density at radius 3 is 2.40 bits per heavy atom. The van der Waals surface area contributed by atoms with E-state index in [0.29, 0.717) is 11.3 Å². The molecular formula is C24H19FN2O3. The summed E-state index contributed by atoms with van der Waals surface area (Å²) in [6.07, 6.45) is 1.58. The van der Waals surface area contributed by atoms with Gasteiger partial charge in [0, 0.05) is 17.3 Å². The number of aliphatic hydroxyl groups excluding tert-OH is 1. The lowest BCUT2D eigenvalue weighted by atomic mass is 9.94. The van der Waals surface area contributed by atoms with E-state index >= 15 is 0 Å². The van der Waals surface area contributed by atoms with Crippen LogP contribution in [0, 0.1) is 12.7 Å². The number of aromatic nitrogens is 1. The maximum atomic E-state index is 14.7. The summed E-state index contributed by atoms with van der Waals surface area (Å²) in [5.74, 6) is -2.55. The average Bonchev–Trinajstić information content (AvgIpc) is 3.00. The second-order valence-electron chi connectivity index (χ2n) is 7.14. The lowest BCUT2D eigenvalue weighted by Gasteiger charge is -2.25. The van der Waals surface area contributed by atoms with Crippen LogP contribution >= 0.6 is 0 Å². The highest BCUT2D eigenvalue weighted by atomic mass is 19.1. The van der Waals surface area contributed by atoms with Gasteiger partial charge in [0.25, 0.3) is 11.7 Å². The van der Waals surface area contributed by atoms with Crippen molar-refractivity contribution >= 4 is 17.4 Å². The Labute approximate surface area is 173 Å². The third kappa shape index (κ3) is 3.48. The standard InChI is InChI=1S/C24H19FN2O3/c1-15-9-11-16(12-10-15)22(28)20-21(18-7-2-3-8-19(18)25)27(24(30)23(20)29)14-17-6-4-5-13-26-17/h2-13,21,28H,14H2,1H3/b22-20-. The predicted molar refractivity (Wildman–Crippen MR) is 110 cm³/mol. The molecule has 0 radical (unpaired) electrons. The van der Waals surface area contributed by atoms with E-state index in [9.17, 15) is 19.1 Å². The monoisotopic (exact) mass is 402 g/mol. The van der Waals surface area contributed by atoms with Gasteiger partial charge in [0.05, 0.1) is 23.9 Å². The molecule has 30 heavy (non-hydrogen) atoms. The summed E-state index contributed by atoms with van der Waals surface area (Å²) in [6, 6.07) is 17.0. The van der Waals surface area contributed by atoms with Gasteiger partial charge in [-0.05, 0) is 25.1 Å². The smallest absolute Gasteiger partial charge is 0.296 e. The number of carbonyl (C=O) groups excluding carboxylic acids is 2. The normalized spacial score (nSPS) is 18.1. The zero-order valence-corrected chi connectivity index (χ0v) is 16.2. The van der Waals surface area contributed by atoms with Crippen LogP contribution in [0.4, 0.5) is 4.39 Å². The first-order valence-electron chi connectivity index (χ1n) is 9.47. The van der Waals surface area contributed by atoms with Crippen LogP contribution < -0.4 is 0 Å². The maximum absolute atomic E-state index is 14.7. The van der Waals surface area contributed by atoms with Crippen molar-refractivity contribution in [3.63, 3.8) is 0 Å². The molecule has 1 aliphatic heterocycles. The molecule has 0 saturated carbocycles. The number of aryl methyl sites for hydroxylation is 1. The predicted octanol–water partition coefficient (Wildman–Crippen LogP) is 4.15. The molecule has 0 bridgehead atoms. The fraction of sp³-hybridized carbons (Fsp3) is 0.125. The van der Waals surface area contributed by atoms with Crippen molar-refractivity contribution in [1.29, 1.82) is 0 Å². The molecule has 6 heteroatoms. The van der Waals surface area contributed by atoms with Crippen molar-refractivity contribution in [2.24, 2.45) is 0 Å². The first-order chi connectivity index (χ1) is 14.5. The fourth-order valence-electron chi connectivity index (χ4n) is 3.60. The van der Waals surface area contributed by atoms with Crippen molar-refractivity contribution in [1.82, 2.24) is 9.88 Å². The third-order valence-corrected chi connectivity index (χ3v) is 5.12. The summed E-state index contributed by atoms with van der Waals surface area (Å²) < 4.78 is 14.7. The van der Waals surface area contributed by atoms with Gasteiger partial charge in [-0.25, -0.2) is 4.39 Å². The van der Waals surface area contributed by atoms with Crippen LogP contribution in [-0.4, -0.2) is 26.7 Å². The summed E-state index contributed by atoms with van der Waals surface area (Å²) in [7, 11) is 0. The Hall–Kier alpha value is -3.80. The SMILES string of the molecule is Cc1ccc(/C(O)=C2/C(=O)C(=O)N(Cc3ccccn3)C2c2ccccc2F)cc1. The summed E-state index contributed by atoms with van der Waals surface area (Å²) >= 11 is 0. The highest BCUT2D eigenvalue weighted by Crippen LogP contribution is 2.40. The maximum Gasteiger partial charge on any atom is 0.296 e. The summed E-state index contributed by atoms with van der Waals surface area (Å²) in [6.45, 7) is 1.91. The Morgan fingerprint density at radius 1 is 1.03 bits per heavy atom. The Bertz CT molecular complexity index is 1140. The molecule has 0 spiro atoms. The highest BCUT2D eigenvalue weighted by molar-refractivity contribution is 6.46. The number of halogens is 1. The first kappa shape index (κ1) is 19.5. The van der Waals surface area contributed by atoms with Crippen molar-refractivity contribution < 1.29 is 19.1 Å². The van der Waals surface area contributed by atoms with Gasteiger partial charge in [-0.3, -0.25) is 14.6 Å². The van der Waals surface area contributed by atoms with Crippen molar-refractivity contribution in [3.8, 4) is 0 Å². The Balaban J connectivity index is 1.88. The third-order valence-electron chi connectivity index (χ3n) is 5.12. The average molecular weight is 402 g/mol. The molecule has 1 atom stereocenters. The molecule has 4 rings (SSSR count). The van der Waals surface area contributed by atoms with Crippen LogP contribution in [0.2, 0.25) is 0 Å². The number of aliphatic hydroxyl groups is 1. The van der Waals surface area contributed by atoms with Gasteiger partial charge < -0.3 is 10.0 Å². The molecule has 2 heterocycles. The van der Waals surface area contributed by atoms with E-state index < -0.39 is 23.5 Å². The minimum atomic E-state index is -1.06. The molecule has 1 aromatic heterocycles. The van der Waals surface area contributed by atoms with Gasteiger partial charge in [0.2, 0.25) is 0 Å². The summed E-state index contributed by atoms with van der Waals surface area (Å²) in [4.78, 5) is 31.3. The zero-order valence-electron chi connectivity index (χ0n) is 16.2. The van der Waals surface area contributed by atoms with E-state index in [0.717, 1.165) is 5.56 Å². The number of Topliss-reactive ketones (excluding diaryl/α,β-unsaturated/α-hetero) is 1. The molecule has 5 nitrogen and oxygen atoms in total. The van der Waals surface area contributed by atoms with Crippen molar-refractivity contribution in [2.45, 2.75) is 19.5 Å². The van der Waals surface area contributed by atoms with E-state index in [4.69, 9.17) is 0 Å². The second kappa shape index (κ2) is 7.91. The van der Waals surface area contributed by atoms with Crippen LogP contribution in [0.1, 0.15) is 28.4 Å². The largest absolute Gasteiger partial charge is 0.507 e. The van der Waals surface area contributed by atoms with Gasteiger partial charge in [-0.15, -0.1) is 0 Å². The van der Waals surface area contributed by atoms with Gasteiger partial charge >= 0.3 is 0 Å². The van der Waals surface area contributed by atoms with Crippen LogP contribution in [0.3, 0.4) is 0 Å². The van der Waals surface area contributed by atoms with Gasteiger partial charge in [0.1, 0.15) is 11.6 Å². The van der Waals surface area contributed by atoms with E-state index in [-0.39, 0.29) is 23.4 Å². The highest BCUT2D eigenvalue weighted by Gasteiger charge is 2.47. The van der Waals surface area contributed by atoms with Gasteiger partial charge in [-0.1, -0.05) is 54.1 Å². The minimum absolute atomic E-state index is 0.00902. The quantitative estimate of drug-likeness (QED) is 0.404. The number of hydrogen-bond acceptors (Lipinski definition) is 4. The van der Waals surface area contributed by atoms with E-state index in [1.807, 2.05) is 6.92 Å². The molecule has 1 unspecified atom stereocenters. The summed E-state index contributed by atoms with van der Waals surface area (Å²) in [5.41, 5.74) is 1.92. The van der Waals surface area contributed by atoms with Crippen molar-refractivity contribution in [2.75, 3.05) is 0 Å². The van der Waals surface area contributed by atoms with E-state index in [1.54, 1.807) is 54.7 Å². The van der Waals surface area contributed by atoms with Gasteiger partial charge in [0.15, 0.2) is 0 Å². The fourth-order valence-corrected chi connectivity index (χ4v) is 3.60. The first-order valence-corrected chi connectivity index (χ1v) is 9.47. The zero-order chi connectivity index (χ0) is 21.3.